The molecule has 1 amide bonds. The van der Waals surface area contributed by atoms with Gasteiger partial charge in [0, 0.05) is 29.9 Å². The van der Waals surface area contributed by atoms with Crippen molar-refractivity contribution in [2.24, 2.45) is 0 Å². The van der Waals surface area contributed by atoms with E-state index in [1.807, 2.05) is 6.07 Å². The Hall–Kier alpha value is -3.72. The van der Waals surface area contributed by atoms with E-state index in [0.29, 0.717) is 59.0 Å². The van der Waals surface area contributed by atoms with Crippen LogP contribution in [0.4, 0.5) is 5.69 Å². The molecule has 2 N–H and O–H groups in total. The van der Waals surface area contributed by atoms with Crippen LogP contribution in [0.3, 0.4) is 0 Å². The molecule has 5 heterocycles. The standard InChI is InChI=1S/C24H21N3O6/c1-3-24(31)15-8-18-20-13(9-27(18)22(29)14(15)10-33-23(24)30)12-6-7-32-21-17(25-11(2)28)5-4-16(26-20)19(12)21/h4-5,8,31H,3,6-7,9-10H2,1-2H3,(H,25,28)/t24-/m0/s1. The first-order valence-electron chi connectivity index (χ1n) is 10.9. The van der Waals surface area contributed by atoms with Gasteiger partial charge >= 0.3 is 5.97 Å². The van der Waals surface area contributed by atoms with Crippen LogP contribution in [0.2, 0.25) is 0 Å². The molecule has 0 unspecified atom stereocenters. The summed E-state index contributed by atoms with van der Waals surface area (Å²) in [7, 11) is 0. The Balaban J connectivity index is 1.62. The minimum absolute atomic E-state index is 0.0948. The highest BCUT2D eigenvalue weighted by Gasteiger charge is 2.45. The molecule has 0 saturated heterocycles. The van der Waals surface area contributed by atoms with Crippen molar-refractivity contribution >= 4 is 28.5 Å². The van der Waals surface area contributed by atoms with Gasteiger partial charge in [-0.05, 0) is 30.2 Å². The fourth-order valence-corrected chi connectivity index (χ4v) is 5.20. The van der Waals surface area contributed by atoms with Crippen LogP contribution in [0, 0.1) is 0 Å². The van der Waals surface area contributed by atoms with Gasteiger partial charge in [0.25, 0.3) is 5.56 Å². The van der Waals surface area contributed by atoms with E-state index >= 15 is 0 Å². The summed E-state index contributed by atoms with van der Waals surface area (Å²) >= 11 is 0. The molecule has 3 aliphatic rings. The Morgan fingerprint density at radius 1 is 1.24 bits per heavy atom. The summed E-state index contributed by atoms with van der Waals surface area (Å²) in [6, 6.07) is 5.29. The Labute approximate surface area is 188 Å². The number of cyclic esters (lactones) is 1. The van der Waals surface area contributed by atoms with Crippen molar-refractivity contribution in [3.8, 4) is 17.1 Å². The van der Waals surface area contributed by atoms with Crippen LogP contribution in [0.25, 0.3) is 22.3 Å². The zero-order valence-electron chi connectivity index (χ0n) is 18.2. The molecule has 3 aliphatic heterocycles. The normalized spacial score (nSPS) is 19.9. The highest BCUT2D eigenvalue weighted by Crippen LogP contribution is 2.45. The fraction of sp³-hybridized carbons (Fsp3) is 0.333. The number of esters is 1. The molecule has 33 heavy (non-hydrogen) atoms. The SMILES string of the molecule is CC[C@@]1(O)C(=O)OCc2c1cc1n(c2=O)Cc2c-1nc1ccc(NC(C)=O)c3c1c2CCO3. The van der Waals surface area contributed by atoms with E-state index < -0.39 is 11.6 Å². The van der Waals surface area contributed by atoms with Crippen molar-refractivity contribution in [2.75, 3.05) is 11.9 Å². The molecule has 9 nitrogen and oxygen atoms in total. The lowest BCUT2D eigenvalue weighted by atomic mass is 9.86. The van der Waals surface area contributed by atoms with E-state index in [4.69, 9.17) is 14.5 Å². The molecule has 1 aromatic carbocycles. The van der Waals surface area contributed by atoms with E-state index in [1.54, 1.807) is 23.6 Å². The lowest BCUT2D eigenvalue weighted by Gasteiger charge is -2.31. The molecule has 3 aromatic rings. The lowest BCUT2D eigenvalue weighted by Crippen LogP contribution is -2.44. The van der Waals surface area contributed by atoms with Crippen molar-refractivity contribution < 1.29 is 24.2 Å². The van der Waals surface area contributed by atoms with Crippen molar-refractivity contribution in [2.45, 2.75) is 45.4 Å². The maximum atomic E-state index is 13.4. The van der Waals surface area contributed by atoms with Gasteiger partial charge < -0.3 is 24.5 Å². The lowest BCUT2D eigenvalue weighted by molar-refractivity contribution is -0.172. The van der Waals surface area contributed by atoms with Crippen molar-refractivity contribution in [1.82, 2.24) is 9.55 Å². The quantitative estimate of drug-likeness (QED) is 0.451. The Morgan fingerprint density at radius 2 is 2.06 bits per heavy atom. The largest absolute Gasteiger partial charge is 0.490 e. The second-order valence-corrected chi connectivity index (χ2v) is 8.64. The zero-order chi connectivity index (χ0) is 23.1. The molecule has 2 aromatic heterocycles. The third-order valence-electron chi connectivity index (χ3n) is 6.83. The first-order valence-corrected chi connectivity index (χ1v) is 10.9. The molecule has 1 atom stereocenters. The molecule has 0 saturated carbocycles. The van der Waals surface area contributed by atoms with Gasteiger partial charge in [-0.1, -0.05) is 6.92 Å². The van der Waals surface area contributed by atoms with Gasteiger partial charge in [-0.3, -0.25) is 9.59 Å². The van der Waals surface area contributed by atoms with Gasteiger partial charge in [0.05, 0.1) is 41.3 Å². The summed E-state index contributed by atoms with van der Waals surface area (Å²) < 4.78 is 12.7. The third kappa shape index (κ3) is 2.56. The average Bonchev–Trinajstić information content (AvgIpc) is 3.17. The zero-order valence-corrected chi connectivity index (χ0v) is 18.2. The Bertz CT molecular complexity index is 1470. The van der Waals surface area contributed by atoms with Crippen LogP contribution in [-0.2, 0) is 39.5 Å². The van der Waals surface area contributed by atoms with Crippen molar-refractivity contribution in [3.63, 3.8) is 0 Å². The second kappa shape index (κ2) is 6.64. The number of benzene rings is 1. The van der Waals surface area contributed by atoms with E-state index in [9.17, 15) is 19.5 Å². The number of aromatic nitrogens is 2. The molecular formula is C24H21N3O6. The second-order valence-electron chi connectivity index (χ2n) is 8.64. The van der Waals surface area contributed by atoms with Gasteiger partial charge in [-0.15, -0.1) is 0 Å². The first kappa shape index (κ1) is 19.9. The Kier molecular flexibility index (Phi) is 4.01. The highest BCUT2D eigenvalue weighted by molar-refractivity contribution is 6.01. The summed E-state index contributed by atoms with van der Waals surface area (Å²) in [5.41, 5.74) is 2.91. The number of carbonyl (C=O) groups is 2. The van der Waals surface area contributed by atoms with E-state index in [-0.39, 0.29) is 24.5 Å². The maximum Gasteiger partial charge on any atom is 0.343 e. The number of carbonyl (C=O) groups excluding carboxylic acids is 2. The van der Waals surface area contributed by atoms with E-state index in [1.165, 1.54) is 6.92 Å². The number of pyridine rings is 2. The average molecular weight is 447 g/mol. The number of rotatable bonds is 2. The van der Waals surface area contributed by atoms with Crippen LogP contribution >= 0.6 is 0 Å². The maximum absolute atomic E-state index is 13.4. The molecular weight excluding hydrogens is 426 g/mol. The van der Waals surface area contributed by atoms with Crippen LogP contribution in [0.15, 0.2) is 23.0 Å². The number of fused-ring (bicyclic) bond motifs is 5. The fourth-order valence-electron chi connectivity index (χ4n) is 5.20. The first-order chi connectivity index (χ1) is 15.8. The predicted molar refractivity (Wildman–Crippen MR) is 118 cm³/mol. The number of hydrogen-bond donors (Lipinski definition) is 2. The summed E-state index contributed by atoms with van der Waals surface area (Å²) in [4.78, 5) is 42.2. The minimum atomic E-state index is -1.86. The number of aliphatic hydroxyl groups is 1. The molecule has 0 fully saturated rings. The van der Waals surface area contributed by atoms with Gasteiger partial charge in [-0.2, -0.15) is 0 Å². The van der Waals surface area contributed by atoms with E-state index in [0.717, 1.165) is 16.5 Å². The molecule has 0 bridgehead atoms. The summed E-state index contributed by atoms with van der Waals surface area (Å²) in [6.45, 7) is 3.73. The molecule has 168 valence electrons. The van der Waals surface area contributed by atoms with E-state index in [2.05, 4.69) is 5.32 Å². The van der Waals surface area contributed by atoms with Gasteiger partial charge in [0.2, 0.25) is 5.91 Å². The molecule has 0 radical (unpaired) electrons. The van der Waals surface area contributed by atoms with Gasteiger partial charge in [0.1, 0.15) is 6.61 Å². The Morgan fingerprint density at radius 3 is 2.82 bits per heavy atom. The molecule has 0 spiro atoms. The number of nitrogens with one attached hydrogen (secondary N) is 1. The third-order valence-corrected chi connectivity index (χ3v) is 6.83. The smallest absolute Gasteiger partial charge is 0.343 e. The molecule has 6 rings (SSSR count). The number of ether oxygens (including phenoxy) is 2. The number of amides is 1. The minimum Gasteiger partial charge on any atom is -0.490 e. The van der Waals surface area contributed by atoms with Gasteiger partial charge in [-0.25, -0.2) is 9.78 Å². The number of hydrogen-bond acceptors (Lipinski definition) is 7. The summed E-state index contributed by atoms with van der Waals surface area (Å²) in [5, 5.41) is 14.7. The highest BCUT2D eigenvalue weighted by atomic mass is 16.6. The van der Waals surface area contributed by atoms with Crippen molar-refractivity contribution in [1.29, 1.82) is 0 Å². The summed E-state index contributed by atoms with van der Waals surface area (Å²) in [6.07, 6.45) is 0.735. The van der Waals surface area contributed by atoms with Crippen molar-refractivity contribution in [3.05, 3.63) is 50.8 Å². The number of anilines is 1. The van der Waals surface area contributed by atoms with Gasteiger partial charge in [0.15, 0.2) is 11.4 Å². The topological polar surface area (TPSA) is 120 Å². The van der Waals surface area contributed by atoms with Crippen LogP contribution in [-0.4, -0.2) is 33.1 Å². The van der Waals surface area contributed by atoms with Crippen LogP contribution in [0.1, 0.15) is 42.5 Å². The molecule has 0 aliphatic carbocycles. The number of nitrogens with zero attached hydrogens (tertiary/aromatic N) is 2. The predicted octanol–water partition coefficient (Wildman–Crippen LogP) is 1.97. The summed E-state index contributed by atoms with van der Waals surface area (Å²) in [5.74, 6) is -0.352. The van der Waals surface area contributed by atoms with Crippen LogP contribution in [0.5, 0.6) is 5.75 Å². The monoisotopic (exact) mass is 447 g/mol. The van der Waals surface area contributed by atoms with Crippen LogP contribution < -0.4 is 15.6 Å². The molecule has 9 heteroatoms.